The van der Waals surface area contributed by atoms with E-state index in [9.17, 15) is 9.90 Å². The molecule has 0 fully saturated rings. The van der Waals surface area contributed by atoms with Crippen molar-refractivity contribution >= 4 is 5.97 Å². The van der Waals surface area contributed by atoms with E-state index in [0.717, 1.165) is 24.8 Å². The lowest BCUT2D eigenvalue weighted by Gasteiger charge is -2.37. The highest BCUT2D eigenvalue weighted by Gasteiger charge is 2.34. The molecule has 0 aromatic heterocycles. The van der Waals surface area contributed by atoms with Crippen LogP contribution >= 0.6 is 0 Å². The van der Waals surface area contributed by atoms with Crippen molar-refractivity contribution in [3.63, 3.8) is 0 Å². The Kier molecular flexibility index (Phi) is 3.79. The lowest BCUT2D eigenvalue weighted by atomic mass is 9.67. The molecular weight excluding hydrogens is 236 g/mol. The molecule has 2 heteroatoms. The normalized spacial score (nSPS) is 19.9. The molecule has 1 unspecified atom stereocenters. The molecule has 0 aliphatic heterocycles. The molecule has 2 rings (SSSR count). The molecule has 0 spiro atoms. The third-order valence-corrected chi connectivity index (χ3v) is 4.51. The number of carboxylic acid groups (broad SMARTS) is 1. The van der Waals surface area contributed by atoms with Crippen molar-refractivity contribution in [1.82, 2.24) is 0 Å². The van der Waals surface area contributed by atoms with Gasteiger partial charge in [0.05, 0.1) is 5.56 Å². The predicted octanol–water partition coefficient (Wildman–Crippen LogP) is 4.41. The van der Waals surface area contributed by atoms with Gasteiger partial charge in [-0.1, -0.05) is 43.7 Å². The Bertz CT molecular complexity index is 512. The zero-order valence-corrected chi connectivity index (χ0v) is 11.9. The number of aromatic carboxylic acids is 1. The lowest BCUT2D eigenvalue weighted by molar-refractivity contribution is 0.0692. The van der Waals surface area contributed by atoms with Crippen LogP contribution in [0, 0.1) is 5.92 Å². The third kappa shape index (κ3) is 2.73. The summed E-state index contributed by atoms with van der Waals surface area (Å²) < 4.78 is 0. The first kappa shape index (κ1) is 13.9. The summed E-state index contributed by atoms with van der Waals surface area (Å²) in [6, 6.07) is 7.42. The van der Waals surface area contributed by atoms with E-state index in [1.54, 1.807) is 12.1 Å². The highest BCUT2D eigenvalue weighted by molar-refractivity contribution is 5.89. The quantitative estimate of drug-likeness (QED) is 0.815. The molecule has 0 bridgehead atoms. The number of allylic oxidation sites excluding steroid dienone is 2. The Morgan fingerprint density at radius 3 is 2.58 bits per heavy atom. The Hall–Kier alpha value is -1.57. The average Bonchev–Trinajstić information content (AvgIpc) is 2.39. The summed E-state index contributed by atoms with van der Waals surface area (Å²) in [6.45, 7) is 6.52. The SMILES string of the molecule is CC1=CCC(C(C)(C)c2ccccc2C(=O)O)CC1. The summed E-state index contributed by atoms with van der Waals surface area (Å²) >= 11 is 0. The van der Waals surface area contributed by atoms with Gasteiger partial charge in [0.1, 0.15) is 0 Å². The highest BCUT2D eigenvalue weighted by atomic mass is 16.4. The van der Waals surface area contributed by atoms with Crippen LogP contribution in [0.2, 0.25) is 0 Å². The van der Waals surface area contributed by atoms with Crippen LogP contribution < -0.4 is 0 Å². The van der Waals surface area contributed by atoms with Gasteiger partial charge in [0.2, 0.25) is 0 Å². The third-order valence-electron chi connectivity index (χ3n) is 4.51. The number of benzene rings is 1. The van der Waals surface area contributed by atoms with Gasteiger partial charge in [0, 0.05) is 0 Å². The summed E-state index contributed by atoms with van der Waals surface area (Å²) in [5.74, 6) is -0.317. The minimum absolute atomic E-state index is 0.105. The fraction of sp³-hybridized carbons (Fsp3) is 0.471. The Labute approximate surface area is 115 Å². The maximum atomic E-state index is 11.4. The topological polar surface area (TPSA) is 37.3 Å². The molecule has 1 aromatic rings. The molecule has 1 aromatic carbocycles. The molecule has 1 aliphatic carbocycles. The minimum atomic E-state index is -0.828. The van der Waals surface area contributed by atoms with Gasteiger partial charge in [-0.25, -0.2) is 4.79 Å². The van der Waals surface area contributed by atoms with Crippen LogP contribution in [0.1, 0.15) is 56.0 Å². The zero-order chi connectivity index (χ0) is 14.0. The number of hydrogen-bond acceptors (Lipinski definition) is 1. The van der Waals surface area contributed by atoms with Gasteiger partial charge in [0.25, 0.3) is 0 Å². The van der Waals surface area contributed by atoms with Gasteiger partial charge in [0.15, 0.2) is 0 Å². The average molecular weight is 258 g/mol. The van der Waals surface area contributed by atoms with Crippen molar-refractivity contribution in [3.05, 3.63) is 47.0 Å². The predicted molar refractivity (Wildman–Crippen MR) is 77.5 cm³/mol. The van der Waals surface area contributed by atoms with Crippen molar-refractivity contribution in [2.45, 2.75) is 45.4 Å². The molecule has 1 atom stereocenters. The second kappa shape index (κ2) is 5.20. The van der Waals surface area contributed by atoms with Crippen LogP contribution in [0.3, 0.4) is 0 Å². The van der Waals surface area contributed by atoms with E-state index in [4.69, 9.17) is 0 Å². The fourth-order valence-electron chi connectivity index (χ4n) is 3.07. The molecule has 1 aliphatic rings. The first-order valence-corrected chi connectivity index (χ1v) is 6.91. The molecule has 102 valence electrons. The molecule has 0 heterocycles. The number of carbonyl (C=O) groups is 1. The van der Waals surface area contributed by atoms with E-state index < -0.39 is 5.97 Å². The number of hydrogen-bond donors (Lipinski definition) is 1. The second-order valence-corrected chi connectivity index (χ2v) is 6.09. The van der Waals surface area contributed by atoms with Crippen LogP contribution in [0.25, 0.3) is 0 Å². The summed E-state index contributed by atoms with van der Waals surface area (Å²) in [7, 11) is 0. The van der Waals surface area contributed by atoms with Gasteiger partial charge < -0.3 is 5.11 Å². The van der Waals surface area contributed by atoms with E-state index in [1.165, 1.54) is 5.57 Å². The van der Waals surface area contributed by atoms with Crippen molar-refractivity contribution in [2.24, 2.45) is 5.92 Å². The summed E-state index contributed by atoms with van der Waals surface area (Å²) in [5.41, 5.74) is 2.75. The van der Waals surface area contributed by atoms with E-state index in [-0.39, 0.29) is 5.41 Å². The largest absolute Gasteiger partial charge is 0.478 e. The van der Waals surface area contributed by atoms with E-state index >= 15 is 0 Å². The minimum Gasteiger partial charge on any atom is -0.478 e. The van der Waals surface area contributed by atoms with Gasteiger partial charge in [-0.05, 0) is 49.1 Å². The molecule has 0 amide bonds. The Morgan fingerprint density at radius 2 is 2.00 bits per heavy atom. The molecular formula is C17H22O2. The first-order chi connectivity index (χ1) is 8.93. The van der Waals surface area contributed by atoms with Gasteiger partial charge in [-0.3, -0.25) is 0 Å². The Balaban J connectivity index is 2.37. The molecule has 0 radical (unpaired) electrons. The van der Waals surface area contributed by atoms with Crippen LogP contribution in [0.15, 0.2) is 35.9 Å². The fourth-order valence-corrected chi connectivity index (χ4v) is 3.07. The van der Waals surface area contributed by atoms with Gasteiger partial charge in [-0.2, -0.15) is 0 Å². The maximum absolute atomic E-state index is 11.4. The van der Waals surface area contributed by atoms with Crippen LogP contribution in [-0.2, 0) is 5.41 Å². The van der Waals surface area contributed by atoms with Crippen molar-refractivity contribution < 1.29 is 9.90 Å². The second-order valence-electron chi connectivity index (χ2n) is 6.09. The van der Waals surface area contributed by atoms with Crippen LogP contribution in [0.5, 0.6) is 0 Å². The standard InChI is InChI=1S/C17H22O2/c1-12-8-10-13(11-9-12)17(2,3)15-7-5-4-6-14(15)16(18)19/h4-8,13H,9-11H2,1-3H3,(H,18,19). The Morgan fingerprint density at radius 1 is 1.32 bits per heavy atom. The van der Waals surface area contributed by atoms with Crippen LogP contribution in [0.4, 0.5) is 0 Å². The van der Waals surface area contributed by atoms with Gasteiger partial charge in [-0.15, -0.1) is 0 Å². The summed E-state index contributed by atoms with van der Waals surface area (Å²) in [5, 5.41) is 9.36. The smallest absolute Gasteiger partial charge is 0.335 e. The highest BCUT2D eigenvalue weighted by Crippen LogP contribution is 2.41. The van der Waals surface area contributed by atoms with Crippen molar-refractivity contribution in [2.75, 3.05) is 0 Å². The summed E-state index contributed by atoms with van der Waals surface area (Å²) in [4.78, 5) is 11.4. The van der Waals surface area contributed by atoms with Crippen molar-refractivity contribution in [1.29, 1.82) is 0 Å². The van der Waals surface area contributed by atoms with Crippen molar-refractivity contribution in [3.8, 4) is 0 Å². The molecule has 0 saturated carbocycles. The maximum Gasteiger partial charge on any atom is 0.335 e. The zero-order valence-electron chi connectivity index (χ0n) is 11.9. The van der Waals surface area contributed by atoms with E-state index in [2.05, 4.69) is 26.8 Å². The van der Waals surface area contributed by atoms with E-state index in [0.29, 0.717) is 11.5 Å². The molecule has 0 saturated heterocycles. The number of carboxylic acids is 1. The monoisotopic (exact) mass is 258 g/mol. The van der Waals surface area contributed by atoms with Gasteiger partial charge >= 0.3 is 5.97 Å². The van der Waals surface area contributed by atoms with E-state index in [1.807, 2.05) is 12.1 Å². The summed E-state index contributed by atoms with van der Waals surface area (Å²) in [6.07, 6.45) is 5.62. The molecule has 1 N–H and O–H groups in total. The lowest BCUT2D eigenvalue weighted by Crippen LogP contribution is -2.31. The molecule has 2 nitrogen and oxygen atoms in total. The van der Waals surface area contributed by atoms with Crippen LogP contribution in [-0.4, -0.2) is 11.1 Å². The number of rotatable bonds is 3. The first-order valence-electron chi connectivity index (χ1n) is 6.91. The molecule has 19 heavy (non-hydrogen) atoms.